The smallest absolute Gasteiger partial charge is 0.189 e. The predicted molar refractivity (Wildman–Crippen MR) is 86.0 cm³/mol. The number of nitrogens with two attached hydrogens (primary N) is 1. The number of amidine groups is 1. The molecule has 1 aromatic carbocycles. The number of thioether (sulfide) groups is 1. The van der Waals surface area contributed by atoms with Crippen LogP contribution in [0.4, 0.5) is 0 Å². The van der Waals surface area contributed by atoms with Gasteiger partial charge in [-0.1, -0.05) is 23.4 Å². The monoisotopic (exact) mass is 330 g/mol. The molecule has 0 bridgehead atoms. The van der Waals surface area contributed by atoms with Crippen LogP contribution in [-0.4, -0.2) is 31.7 Å². The zero-order valence-electron chi connectivity index (χ0n) is 12.1. The zero-order valence-corrected chi connectivity index (χ0v) is 13.7. The quantitative estimate of drug-likeness (QED) is 0.664. The van der Waals surface area contributed by atoms with Gasteiger partial charge in [-0.3, -0.25) is 4.99 Å². The van der Waals surface area contributed by atoms with Gasteiger partial charge in [-0.15, -0.1) is 0 Å². The third kappa shape index (κ3) is 4.78. The van der Waals surface area contributed by atoms with Gasteiger partial charge < -0.3 is 19.9 Å². The fraction of sp³-hybridized carbons (Fsp3) is 0.500. The Morgan fingerprint density at radius 2 is 2.38 bits per heavy atom. The van der Waals surface area contributed by atoms with E-state index in [1.165, 1.54) is 11.8 Å². The van der Waals surface area contributed by atoms with E-state index in [9.17, 15) is 0 Å². The zero-order chi connectivity index (χ0) is 15.2. The van der Waals surface area contributed by atoms with Gasteiger partial charge in [0.1, 0.15) is 5.75 Å². The maximum Gasteiger partial charge on any atom is 0.189 e. The van der Waals surface area contributed by atoms with Crippen LogP contribution in [0.3, 0.4) is 0 Å². The fourth-order valence-electron chi connectivity index (χ4n) is 2.05. The predicted octanol–water partition coefficient (Wildman–Crippen LogP) is 2.79. The first-order chi connectivity index (χ1) is 10.1. The van der Waals surface area contributed by atoms with Gasteiger partial charge in [-0.25, -0.2) is 0 Å². The number of hydrogen-bond acceptors (Lipinski definition) is 5. The number of fused-ring (bicyclic) bond motifs is 1. The Kier molecular flexibility index (Phi) is 6.17. The second-order valence-electron chi connectivity index (χ2n) is 4.72. The largest absolute Gasteiger partial charge is 0.467 e. The molecule has 5 nitrogen and oxygen atoms in total. The van der Waals surface area contributed by atoms with Crippen LogP contribution < -0.4 is 10.5 Å². The highest BCUT2D eigenvalue weighted by atomic mass is 35.5. The first kappa shape index (κ1) is 16.4. The standard InChI is InChI=1S/C14H19ClN2O3S/c1-9(5-18-2)17-14(16)21-7-11-4-12(15)3-10-6-19-8-20-13(10)11/h3-4,9H,5-8H2,1-2H3,(H2,16,17)/t9-/m1/s1. The topological polar surface area (TPSA) is 66.1 Å². The molecule has 0 saturated heterocycles. The lowest BCUT2D eigenvalue weighted by Crippen LogP contribution is -2.16. The number of ether oxygens (including phenoxy) is 3. The van der Waals surface area contributed by atoms with Crippen LogP contribution in [0, 0.1) is 0 Å². The Bertz CT molecular complexity index is 525. The van der Waals surface area contributed by atoms with Gasteiger partial charge in [0, 0.05) is 29.0 Å². The molecule has 0 aliphatic carbocycles. The number of hydrogen-bond donors (Lipinski definition) is 1. The summed E-state index contributed by atoms with van der Waals surface area (Å²) in [6, 6.07) is 3.80. The van der Waals surface area contributed by atoms with Crippen molar-refractivity contribution >= 4 is 28.5 Å². The average Bonchev–Trinajstić information content (AvgIpc) is 2.44. The summed E-state index contributed by atoms with van der Waals surface area (Å²) in [6.45, 7) is 3.29. The van der Waals surface area contributed by atoms with Crippen molar-refractivity contribution in [2.75, 3.05) is 20.5 Å². The van der Waals surface area contributed by atoms with E-state index in [1.54, 1.807) is 7.11 Å². The van der Waals surface area contributed by atoms with Crippen LogP contribution in [0.5, 0.6) is 5.75 Å². The summed E-state index contributed by atoms with van der Waals surface area (Å²) in [4.78, 5) is 4.35. The Morgan fingerprint density at radius 3 is 3.14 bits per heavy atom. The molecule has 0 fully saturated rings. The van der Waals surface area contributed by atoms with E-state index < -0.39 is 0 Å². The molecular formula is C14H19ClN2O3S. The third-order valence-corrected chi connectivity index (χ3v) is 3.96. The molecule has 0 aromatic heterocycles. The lowest BCUT2D eigenvalue weighted by molar-refractivity contribution is -0.0168. The van der Waals surface area contributed by atoms with Crippen LogP contribution in [0.25, 0.3) is 0 Å². The van der Waals surface area contributed by atoms with Gasteiger partial charge in [0.15, 0.2) is 12.0 Å². The summed E-state index contributed by atoms with van der Waals surface area (Å²) in [5.74, 6) is 1.49. The lowest BCUT2D eigenvalue weighted by atomic mass is 10.1. The van der Waals surface area contributed by atoms with Crippen LogP contribution in [0.2, 0.25) is 5.02 Å². The molecule has 1 aromatic rings. The van der Waals surface area contributed by atoms with E-state index in [-0.39, 0.29) is 12.8 Å². The molecule has 1 aliphatic rings. The van der Waals surface area contributed by atoms with Crippen molar-refractivity contribution in [2.45, 2.75) is 25.3 Å². The van der Waals surface area contributed by atoms with Crippen molar-refractivity contribution in [1.29, 1.82) is 0 Å². The van der Waals surface area contributed by atoms with Gasteiger partial charge >= 0.3 is 0 Å². The summed E-state index contributed by atoms with van der Waals surface area (Å²) in [5, 5.41) is 1.20. The first-order valence-electron chi connectivity index (χ1n) is 6.57. The molecule has 2 rings (SSSR count). The molecule has 1 aliphatic heterocycles. The second-order valence-corrected chi connectivity index (χ2v) is 6.16. The summed E-state index contributed by atoms with van der Waals surface area (Å²) in [7, 11) is 1.65. The molecule has 7 heteroatoms. The van der Waals surface area contributed by atoms with Crippen molar-refractivity contribution in [3.63, 3.8) is 0 Å². The van der Waals surface area contributed by atoms with Crippen LogP contribution in [-0.2, 0) is 21.8 Å². The second kappa shape index (κ2) is 7.89. The lowest BCUT2D eigenvalue weighted by Gasteiger charge is -2.21. The number of aliphatic imine (C=N–C) groups is 1. The first-order valence-corrected chi connectivity index (χ1v) is 7.93. The van der Waals surface area contributed by atoms with Crippen molar-refractivity contribution in [3.8, 4) is 5.75 Å². The highest BCUT2D eigenvalue weighted by Crippen LogP contribution is 2.33. The van der Waals surface area contributed by atoms with E-state index in [0.717, 1.165) is 16.9 Å². The highest BCUT2D eigenvalue weighted by Gasteiger charge is 2.16. The van der Waals surface area contributed by atoms with Gasteiger partial charge in [0.05, 0.1) is 19.3 Å². The van der Waals surface area contributed by atoms with Crippen LogP contribution in [0.15, 0.2) is 17.1 Å². The summed E-state index contributed by atoms with van der Waals surface area (Å²) >= 11 is 7.58. The average molecular weight is 331 g/mol. The number of methoxy groups -OCH3 is 1. The van der Waals surface area contributed by atoms with Crippen molar-refractivity contribution < 1.29 is 14.2 Å². The van der Waals surface area contributed by atoms with Crippen LogP contribution >= 0.6 is 23.4 Å². The van der Waals surface area contributed by atoms with Gasteiger partial charge in [0.2, 0.25) is 0 Å². The SMILES string of the molecule is COC[C@@H](C)N=C(N)SCc1cc(Cl)cc2c1OCOC2. The number of benzene rings is 1. The highest BCUT2D eigenvalue weighted by molar-refractivity contribution is 8.13. The van der Waals surface area contributed by atoms with E-state index in [1.807, 2.05) is 19.1 Å². The molecule has 1 heterocycles. The number of nitrogens with zero attached hydrogens (tertiary/aromatic N) is 1. The maximum absolute atomic E-state index is 6.12. The van der Waals surface area contributed by atoms with Crippen molar-refractivity contribution in [2.24, 2.45) is 10.7 Å². The summed E-state index contributed by atoms with van der Waals surface area (Å²) < 4.78 is 15.9. The summed E-state index contributed by atoms with van der Waals surface area (Å²) in [5.41, 5.74) is 7.89. The van der Waals surface area contributed by atoms with Crippen LogP contribution in [0.1, 0.15) is 18.1 Å². The van der Waals surface area contributed by atoms with E-state index in [4.69, 9.17) is 31.5 Å². The van der Waals surface area contributed by atoms with Gasteiger partial charge in [-0.2, -0.15) is 0 Å². The minimum atomic E-state index is 0.0421. The van der Waals surface area contributed by atoms with Crippen molar-refractivity contribution in [3.05, 3.63) is 28.3 Å². The Hall–Kier alpha value is -0.950. The molecular weight excluding hydrogens is 312 g/mol. The molecule has 0 spiro atoms. The third-order valence-electron chi connectivity index (χ3n) is 2.88. The molecule has 0 radical (unpaired) electrons. The van der Waals surface area contributed by atoms with Gasteiger partial charge in [0.25, 0.3) is 0 Å². The summed E-state index contributed by atoms with van der Waals surface area (Å²) in [6.07, 6.45) is 0. The molecule has 1 atom stereocenters. The Morgan fingerprint density at radius 1 is 1.57 bits per heavy atom. The maximum atomic E-state index is 6.12. The number of rotatable bonds is 5. The normalized spacial score (nSPS) is 16.2. The fourth-order valence-corrected chi connectivity index (χ4v) is 3.08. The molecule has 0 amide bonds. The minimum Gasteiger partial charge on any atom is -0.467 e. The Labute approximate surface area is 133 Å². The van der Waals surface area contributed by atoms with Gasteiger partial charge in [-0.05, 0) is 19.1 Å². The van der Waals surface area contributed by atoms with E-state index in [2.05, 4.69) is 4.99 Å². The molecule has 0 unspecified atom stereocenters. The number of halogens is 1. The minimum absolute atomic E-state index is 0.0421. The molecule has 0 saturated carbocycles. The van der Waals surface area contributed by atoms with E-state index >= 15 is 0 Å². The van der Waals surface area contributed by atoms with E-state index in [0.29, 0.717) is 29.2 Å². The van der Waals surface area contributed by atoms with Crippen molar-refractivity contribution in [1.82, 2.24) is 0 Å². The Balaban J connectivity index is 2.04. The molecule has 21 heavy (non-hydrogen) atoms. The molecule has 116 valence electrons. The molecule has 2 N–H and O–H groups in total.